The molecule has 1 N–H and O–H groups in total. The first kappa shape index (κ1) is 13.0. The van der Waals surface area contributed by atoms with E-state index < -0.39 is 0 Å². The van der Waals surface area contributed by atoms with Crippen LogP contribution in [0.2, 0.25) is 0 Å². The Morgan fingerprint density at radius 1 is 1.32 bits per heavy atom. The highest BCUT2D eigenvalue weighted by molar-refractivity contribution is 5.31. The maximum Gasteiger partial charge on any atom is 0.203 e. The second-order valence-electron chi connectivity index (χ2n) is 6.04. The molecule has 1 saturated heterocycles. The van der Waals surface area contributed by atoms with E-state index in [1.165, 1.54) is 32.1 Å². The summed E-state index contributed by atoms with van der Waals surface area (Å²) in [5, 5.41) is 3.58. The van der Waals surface area contributed by atoms with Crippen LogP contribution >= 0.6 is 0 Å². The van der Waals surface area contributed by atoms with Crippen LogP contribution in [0.15, 0.2) is 6.20 Å². The van der Waals surface area contributed by atoms with Crippen LogP contribution in [0.1, 0.15) is 57.2 Å². The Morgan fingerprint density at radius 3 is 2.79 bits per heavy atom. The summed E-state index contributed by atoms with van der Waals surface area (Å²) >= 11 is 0. The molecule has 2 unspecified atom stereocenters. The Hall–Kier alpha value is -1.03. The number of ether oxygens (including phenoxy) is 1. The summed E-state index contributed by atoms with van der Waals surface area (Å²) in [6.45, 7) is 5.19. The molecule has 4 heteroatoms. The van der Waals surface area contributed by atoms with E-state index in [9.17, 15) is 0 Å². The van der Waals surface area contributed by atoms with Crippen molar-refractivity contribution in [2.45, 2.75) is 70.6 Å². The van der Waals surface area contributed by atoms with Crippen molar-refractivity contribution >= 4 is 5.95 Å². The second-order valence-corrected chi connectivity index (χ2v) is 6.04. The van der Waals surface area contributed by atoms with E-state index in [1.54, 1.807) is 0 Å². The van der Waals surface area contributed by atoms with Gasteiger partial charge in [0, 0.05) is 18.8 Å². The Labute approximate surface area is 115 Å². The zero-order valence-corrected chi connectivity index (χ0v) is 12.1. The van der Waals surface area contributed by atoms with E-state index in [0.29, 0.717) is 18.2 Å². The van der Waals surface area contributed by atoms with Crippen LogP contribution in [0.25, 0.3) is 0 Å². The molecule has 0 aromatic carbocycles. The molecule has 1 aromatic rings. The van der Waals surface area contributed by atoms with E-state index >= 15 is 0 Å². The smallest absolute Gasteiger partial charge is 0.203 e. The van der Waals surface area contributed by atoms with Gasteiger partial charge in [-0.3, -0.25) is 0 Å². The Bertz CT molecular complexity index is 417. The maximum atomic E-state index is 5.76. The number of aryl methyl sites for hydroxylation is 1. The second kappa shape index (κ2) is 5.53. The molecule has 0 radical (unpaired) electrons. The first-order chi connectivity index (χ1) is 9.24. The van der Waals surface area contributed by atoms with Crippen molar-refractivity contribution in [3.05, 3.63) is 11.9 Å². The highest BCUT2D eigenvalue weighted by Gasteiger charge is 2.25. The van der Waals surface area contributed by atoms with Gasteiger partial charge in [-0.25, -0.2) is 4.98 Å². The molecule has 0 bridgehead atoms. The number of hydrogen-bond acceptors (Lipinski definition) is 3. The van der Waals surface area contributed by atoms with Crippen LogP contribution in [0.5, 0.6) is 0 Å². The molecule has 106 valence electrons. The number of rotatable bonds is 4. The summed E-state index contributed by atoms with van der Waals surface area (Å²) in [5.41, 5.74) is 1.11. The minimum atomic E-state index is 0.337. The quantitative estimate of drug-likeness (QED) is 0.906. The molecule has 0 amide bonds. The number of nitrogens with zero attached hydrogens (tertiary/aromatic N) is 2. The van der Waals surface area contributed by atoms with Gasteiger partial charge in [-0.15, -0.1) is 0 Å². The molecule has 2 atom stereocenters. The first-order valence-electron chi connectivity index (χ1n) is 7.67. The van der Waals surface area contributed by atoms with Gasteiger partial charge in [-0.2, -0.15) is 0 Å². The lowest BCUT2D eigenvalue weighted by Crippen LogP contribution is -2.31. The molecule has 4 nitrogen and oxygen atoms in total. The zero-order valence-electron chi connectivity index (χ0n) is 12.1. The fourth-order valence-corrected chi connectivity index (χ4v) is 3.38. The van der Waals surface area contributed by atoms with E-state index in [4.69, 9.17) is 4.74 Å². The van der Waals surface area contributed by atoms with Crippen LogP contribution in [0.3, 0.4) is 0 Å². The number of nitrogens with one attached hydrogen (secondary N) is 1. The van der Waals surface area contributed by atoms with Gasteiger partial charge in [0.25, 0.3) is 0 Å². The minimum absolute atomic E-state index is 0.337. The van der Waals surface area contributed by atoms with E-state index in [2.05, 4.69) is 34.9 Å². The molecule has 1 saturated carbocycles. The molecule has 3 rings (SSSR count). The highest BCUT2D eigenvalue weighted by Crippen LogP contribution is 2.32. The van der Waals surface area contributed by atoms with Crippen LogP contribution in [0.4, 0.5) is 5.95 Å². The average Bonchev–Trinajstić information content (AvgIpc) is 3.09. The lowest BCUT2D eigenvalue weighted by molar-refractivity contribution is 0.0993. The molecule has 19 heavy (non-hydrogen) atoms. The van der Waals surface area contributed by atoms with Crippen LogP contribution in [-0.4, -0.2) is 28.3 Å². The summed E-state index contributed by atoms with van der Waals surface area (Å²) in [4.78, 5) is 4.66. The van der Waals surface area contributed by atoms with Gasteiger partial charge in [-0.1, -0.05) is 12.8 Å². The summed E-state index contributed by atoms with van der Waals surface area (Å²) in [7, 11) is 0. The largest absolute Gasteiger partial charge is 0.376 e. The fraction of sp³-hybridized carbons (Fsp3) is 0.800. The third-order valence-corrected chi connectivity index (χ3v) is 4.45. The van der Waals surface area contributed by atoms with E-state index in [-0.39, 0.29) is 0 Å². The molecule has 1 aromatic heterocycles. The monoisotopic (exact) mass is 263 g/mol. The van der Waals surface area contributed by atoms with Crippen molar-refractivity contribution in [3.63, 3.8) is 0 Å². The summed E-state index contributed by atoms with van der Waals surface area (Å²) in [6.07, 6.45) is 10.2. The van der Waals surface area contributed by atoms with Crippen molar-refractivity contribution in [1.29, 1.82) is 0 Å². The predicted molar refractivity (Wildman–Crippen MR) is 76.5 cm³/mol. The standard InChI is InChI=1S/C15H25N3O/c1-11-10-18(13-6-3-4-7-13)15(16-11)17-12(2)14-8-5-9-19-14/h10,12-14H,3-9H2,1-2H3,(H,16,17). The third kappa shape index (κ3) is 2.78. The van der Waals surface area contributed by atoms with E-state index in [1.807, 2.05) is 0 Å². The highest BCUT2D eigenvalue weighted by atomic mass is 16.5. The van der Waals surface area contributed by atoms with Gasteiger partial charge < -0.3 is 14.6 Å². The SMILES string of the molecule is Cc1cn(C2CCCC2)c(NC(C)C2CCCO2)n1. The Morgan fingerprint density at radius 2 is 2.11 bits per heavy atom. The topological polar surface area (TPSA) is 39.1 Å². The van der Waals surface area contributed by atoms with Gasteiger partial charge in [0.15, 0.2) is 0 Å². The molecule has 1 aliphatic heterocycles. The summed E-state index contributed by atoms with van der Waals surface area (Å²) < 4.78 is 8.11. The lowest BCUT2D eigenvalue weighted by Gasteiger charge is -2.23. The number of anilines is 1. The Balaban J connectivity index is 1.72. The van der Waals surface area contributed by atoms with Crippen molar-refractivity contribution < 1.29 is 4.74 Å². The van der Waals surface area contributed by atoms with Crippen LogP contribution in [-0.2, 0) is 4.74 Å². The third-order valence-electron chi connectivity index (χ3n) is 4.45. The summed E-state index contributed by atoms with van der Waals surface area (Å²) in [5.74, 6) is 1.03. The Kier molecular flexibility index (Phi) is 3.78. The lowest BCUT2D eigenvalue weighted by atomic mass is 10.1. The van der Waals surface area contributed by atoms with Crippen LogP contribution < -0.4 is 5.32 Å². The van der Waals surface area contributed by atoms with Crippen molar-refractivity contribution in [2.24, 2.45) is 0 Å². The molecule has 2 fully saturated rings. The normalized spacial score (nSPS) is 25.9. The van der Waals surface area contributed by atoms with Gasteiger partial charge >= 0.3 is 0 Å². The van der Waals surface area contributed by atoms with Crippen molar-refractivity contribution in [2.75, 3.05) is 11.9 Å². The number of hydrogen-bond donors (Lipinski definition) is 1. The number of aromatic nitrogens is 2. The molecular weight excluding hydrogens is 238 g/mol. The van der Waals surface area contributed by atoms with Gasteiger partial charge in [-0.05, 0) is 39.5 Å². The molecular formula is C15H25N3O. The van der Waals surface area contributed by atoms with E-state index in [0.717, 1.165) is 24.7 Å². The van der Waals surface area contributed by atoms with Crippen LogP contribution in [0, 0.1) is 6.92 Å². The van der Waals surface area contributed by atoms with Gasteiger partial charge in [0.1, 0.15) is 0 Å². The molecule has 1 aliphatic carbocycles. The first-order valence-corrected chi connectivity index (χ1v) is 7.67. The fourth-order valence-electron chi connectivity index (χ4n) is 3.38. The molecule has 0 spiro atoms. The molecule has 2 aliphatic rings. The predicted octanol–water partition coefficient (Wildman–Crippen LogP) is 3.29. The van der Waals surface area contributed by atoms with Crippen molar-refractivity contribution in [1.82, 2.24) is 9.55 Å². The maximum absolute atomic E-state index is 5.76. The van der Waals surface area contributed by atoms with Gasteiger partial charge in [0.05, 0.1) is 17.8 Å². The van der Waals surface area contributed by atoms with Gasteiger partial charge in [0.2, 0.25) is 5.95 Å². The zero-order chi connectivity index (χ0) is 13.2. The minimum Gasteiger partial charge on any atom is -0.376 e. The van der Waals surface area contributed by atoms with Crippen molar-refractivity contribution in [3.8, 4) is 0 Å². The average molecular weight is 263 g/mol. The summed E-state index contributed by atoms with van der Waals surface area (Å²) in [6, 6.07) is 0.977. The molecule has 2 heterocycles. The number of imidazole rings is 1.